The Kier molecular flexibility index (Phi) is 3.97. The van der Waals surface area contributed by atoms with Gasteiger partial charge < -0.3 is 10.4 Å². The molecule has 2 nitrogen and oxygen atoms in total. The van der Waals surface area contributed by atoms with Gasteiger partial charge in [-0.25, -0.2) is 0 Å². The molecule has 1 aromatic rings. The Labute approximate surface area is 123 Å². The first-order chi connectivity index (χ1) is 9.24. The van der Waals surface area contributed by atoms with Crippen LogP contribution in [0.5, 0.6) is 0 Å². The fourth-order valence-corrected chi connectivity index (χ4v) is 4.26. The molecule has 1 fully saturated rings. The third-order valence-electron chi connectivity index (χ3n) is 4.94. The zero-order valence-electron chi connectivity index (χ0n) is 11.3. The lowest BCUT2D eigenvalue weighted by Crippen LogP contribution is -2.36. The van der Waals surface area contributed by atoms with E-state index in [4.69, 9.17) is 0 Å². The number of fused-ring (bicyclic) bond motifs is 1. The zero-order valence-corrected chi connectivity index (χ0v) is 12.9. The van der Waals surface area contributed by atoms with Gasteiger partial charge >= 0.3 is 0 Å². The Morgan fingerprint density at radius 2 is 2.11 bits per heavy atom. The van der Waals surface area contributed by atoms with Crippen molar-refractivity contribution in [3.63, 3.8) is 0 Å². The van der Waals surface area contributed by atoms with Crippen molar-refractivity contribution in [2.45, 2.75) is 44.6 Å². The number of aliphatic hydroxyl groups is 1. The average molecular weight is 324 g/mol. The van der Waals surface area contributed by atoms with Crippen LogP contribution in [0.4, 0.5) is 0 Å². The first kappa shape index (κ1) is 13.6. The molecule has 2 N–H and O–H groups in total. The first-order valence-electron chi connectivity index (χ1n) is 7.36. The number of hydrogen-bond donors (Lipinski definition) is 2. The molecule has 104 valence electrons. The Bertz CT molecular complexity index is 454. The second kappa shape index (κ2) is 5.55. The summed E-state index contributed by atoms with van der Waals surface area (Å²) >= 11 is 3.65. The second-order valence-corrected chi connectivity index (χ2v) is 7.00. The maximum Gasteiger partial charge on any atom is 0.0499 e. The second-order valence-electron chi connectivity index (χ2n) is 6.14. The molecule has 2 aliphatic rings. The third kappa shape index (κ3) is 2.61. The van der Waals surface area contributed by atoms with Gasteiger partial charge in [0.05, 0.1) is 0 Å². The van der Waals surface area contributed by atoms with Crippen LogP contribution in [-0.2, 0) is 6.42 Å². The predicted molar refractivity (Wildman–Crippen MR) is 81.2 cm³/mol. The molecule has 2 aliphatic carbocycles. The third-order valence-corrected chi connectivity index (χ3v) is 5.68. The van der Waals surface area contributed by atoms with E-state index in [2.05, 4.69) is 39.4 Å². The van der Waals surface area contributed by atoms with Crippen LogP contribution in [-0.4, -0.2) is 18.3 Å². The summed E-state index contributed by atoms with van der Waals surface area (Å²) in [6.07, 6.45) is 7.23. The summed E-state index contributed by atoms with van der Waals surface area (Å²) in [5.74, 6) is 0. The summed E-state index contributed by atoms with van der Waals surface area (Å²) in [6.45, 7) is 1.29. The Hall–Kier alpha value is -0.380. The molecule has 3 rings (SSSR count). The van der Waals surface area contributed by atoms with Gasteiger partial charge in [-0.1, -0.05) is 40.9 Å². The van der Waals surface area contributed by atoms with Gasteiger partial charge in [-0.3, -0.25) is 0 Å². The van der Waals surface area contributed by atoms with Gasteiger partial charge in [0.1, 0.15) is 0 Å². The van der Waals surface area contributed by atoms with Crippen molar-refractivity contribution in [2.75, 3.05) is 13.2 Å². The van der Waals surface area contributed by atoms with Crippen molar-refractivity contribution in [3.8, 4) is 0 Å². The van der Waals surface area contributed by atoms with Gasteiger partial charge in [-0.2, -0.15) is 0 Å². The fraction of sp³-hybridized carbons (Fsp3) is 0.625. The summed E-state index contributed by atoms with van der Waals surface area (Å²) in [5, 5.41) is 13.4. The quantitative estimate of drug-likeness (QED) is 0.887. The molecule has 0 saturated heterocycles. The van der Waals surface area contributed by atoms with Crippen LogP contribution < -0.4 is 5.32 Å². The molecule has 0 amide bonds. The standard InChI is InChI=1S/C16H22BrNO/c17-14-5-3-4-13-12(14)6-7-15(13)18-10-16(11-19)8-1-2-9-16/h3-5,15,18-19H,1-2,6-11H2. The number of nitrogens with one attached hydrogen (secondary N) is 1. The van der Waals surface area contributed by atoms with Crippen LogP contribution in [0.2, 0.25) is 0 Å². The molecule has 3 heteroatoms. The molecule has 0 radical (unpaired) electrons. The van der Waals surface area contributed by atoms with Gasteiger partial charge in [0.15, 0.2) is 0 Å². The number of hydrogen-bond acceptors (Lipinski definition) is 2. The van der Waals surface area contributed by atoms with Crippen LogP contribution in [0.15, 0.2) is 22.7 Å². The van der Waals surface area contributed by atoms with E-state index in [1.54, 1.807) is 0 Å². The lowest BCUT2D eigenvalue weighted by Gasteiger charge is -2.29. The highest BCUT2D eigenvalue weighted by molar-refractivity contribution is 9.10. The number of benzene rings is 1. The van der Waals surface area contributed by atoms with Crippen LogP contribution in [0.1, 0.15) is 49.3 Å². The van der Waals surface area contributed by atoms with Crippen molar-refractivity contribution >= 4 is 15.9 Å². The van der Waals surface area contributed by atoms with E-state index in [1.807, 2.05) is 0 Å². The zero-order chi connectivity index (χ0) is 13.3. The van der Waals surface area contributed by atoms with Gasteiger partial charge in [-0.15, -0.1) is 0 Å². The van der Waals surface area contributed by atoms with E-state index in [-0.39, 0.29) is 5.41 Å². The van der Waals surface area contributed by atoms with Gasteiger partial charge in [-0.05, 0) is 42.9 Å². The van der Waals surface area contributed by atoms with Crippen LogP contribution in [0, 0.1) is 5.41 Å². The van der Waals surface area contributed by atoms with Crippen LogP contribution in [0.25, 0.3) is 0 Å². The highest BCUT2D eigenvalue weighted by Crippen LogP contribution is 2.39. The molecular formula is C16H22BrNO. The minimum absolute atomic E-state index is 0.148. The monoisotopic (exact) mass is 323 g/mol. The summed E-state index contributed by atoms with van der Waals surface area (Å²) < 4.78 is 1.24. The molecule has 0 spiro atoms. The van der Waals surface area contributed by atoms with Gasteiger partial charge in [0, 0.05) is 29.1 Å². The Morgan fingerprint density at radius 1 is 1.32 bits per heavy atom. The largest absolute Gasteiger partial charge is 0.396 e. The van der Waals surface area contributed by atoms with Crippen molar-refractivity contribution in [3.05, 3.63) is 33.8 Å². The summed E-state index contributed by atoms with van der Waals surface area (Å²) in [5.41, 5.74) is 3.05. The SMILES string of the molecule is OCC1(CNC2CCc3c(Br)cccc32)CCCC1. The average Bonchev–Trinajstić information content (AvgIpc) is 3.04. The molecule has 0 bridgehead atoms. The predicted octanol–water partition coefficient (Wildman–Crippen LogP) is 3.58. The maximum absolute atomic E-state index is 9.68. The lowest BCUT2D eigenvalue weighted by molar-refractivity contribution is 0.124. The van der Waals surface area contributed by atoms with Crippen molar-refractivity contribution in [1.29, 1.82) is 0 Å². The lowest BCUT2D eigenvalue weighted by atomic mass is 9.87. The van der Waals surface area contributed by atoms with Crippen LogP contribution in [0.3, 0.4) is 0 Å². The van der Waals surface area contributed by atoms with E-state index < -0.39 is 0 Å². The smallest absolute Gasteiger partial charge is 0.0499 e. The van der Waals surface area contributed by atoms with E-state index >= 15 is 0 Å². The summed E-state index contributed by atoms with van der Waals surface area (Å²) in [4.78, 5) is 0. The van der Waals surface area contributed by atoms with E-state index in [0.29, 0.717) is 12.6 Å². The highest BCUT2D eigenvalue weighted by atomic mass is 79.9. The Balaban J connectivity index is 1.68. The summed E-state index contributed by atoms with van der Waals surface area (Å²) in [6, 6.07) is 6.97. The molecule has 0 heterocycles. The van der Waals surface area contributed by atoms with Crippen molar-refractivity contribution in [2.24, 2.45) is 5.41 Å². The number of halogens is 1. The maximum atomic E-state index is 9.68. The number of rotatable bonds is 4. The van der Waals surface area contributed by atoms with E-state index in [0.717, 1.165) is 13.0 Å². The molecule has 0 aromatic heterocycles. The topological polar surface area (TPSA) is 32.3 Å². The van der Waals surface area contributed by atoms with Crippen LogP contribution >= 0.6 is 15.9 Å². The minimum atomic E-state index is 0.148. The molecule has 1 unspecified atom stereocenters. The number of aliphatic hydroxyl groups excluding tert-OH is 1. The molecule has 1 atom stereocenters. The minimum Gasteiger partial charge on any atom is -0.396 e. The molecule has 1 saturated carbocycles. The molecule has 1 aromatic carbocycles. The van der Waals surface area contributed by atoms with E-state index in [1.165, 1.54) is 47.7 Å². The van der Waals surface area contributed by atoms with Gasteiger partial charge in [0.25, 0.3) is 0 Å². The van der Waals surface area contributed by atoms with Gasteiger partial charge in [0.2, 0.25) is 0 Å². The van der Waals surface area contributed by atoms with Crippen molar-refractivity contribution in [1.82, 2.24) is 5.32 Å². The molecular weight excluding hydrogens is 302 g/mol. The molecule has 0 aliphatic heterocycles. The highest BCUT2D eigenvalue weighted by Gasteiger charge is 2.34. The summed E-state index contributed by atoms with van der Waals surface area (Å²) in [7, 11) is 0. The fourth-order valence-electron chi connectivity index (χ4n) is 3.68. The van der Waals surface area contributed by atoms with E-state index in [9.17, 15) is 5.11 Å². The Morgan fingerprint density at radius 3 is 2.84 bits per heavy atom. The normalized spacial score (nSPS) is 24.6. The molecule has 19 heavy (non-hydrogen) atoms. The van der Waals surface area contributed by atoms with Crippen molar-refractivity contribution < 1.29 is 5.11 Å². The first-order valence-corrected chi connectivity index (χ1v) is 8.15.